The highest BCUT2D eigenvalue weighted by atomic mass is 127. The van der Waals surface area contributed by atoms with Crippen LogP contribution in [0.15, 0.2) is 29.3 Å². The number of nitrogens with one attached hydrogen (secondary N) is 1. The molecule has 5 nitrogen and oxygen atoms in total. The Bertz CT molecular complexity index is 663. The lowest BCUT2D eigenvalue weighted by molar-refractivity contribution is -0.119. The fraction of sp³-hybridized carbons (Fsp3) is 0.579. The number of aliphatic imine (C=N–C) groups is 1. The SMILES string of the molecule is CN=C(NCC1(c2cccc(Cl)c2)CC1)N1CCCC(CC(N)=O)C1.I. The van der Waals surface area contributed by atoms with Crippen molar-refractivity contribution in [2.24, 2.45) is 16.6 Å². The summed E-state index contributed by atoms with van der Waals surface area (Å²) >= 11 is 6.16. The third-order valence-corrected chi connectivity index (χ3v) is 5.63. The Kier molecular flexibility index (Phi) is 7.58. The van der Waals surface area contributed by atoms with E-state index in [9.17, 15) is 4.79 Å². The summed E-state index contributed by atoms with van der Waals surface area (Å²) in [5, 5.41) is 4.34. The Morgan fingerprint density at radius 2 is 2.23 bits per heavy atom. The van der Waals surface area contributed by atoms with E-state index in [0.717, 1.165) is 43.5 Å². The summed E-state index contributed by atoms with van der Waals surface area (Å²) < 4.78 is 0. The van der Waals surface area contributed by atoms with Crippen molar-refractivity contribution in [2.45, 2.75) is 37.5 Å². The zero-order valence-corrected chi connectivity index (χ0v) is 18.3. The second-order valence-electron chi connectivity index (χ2n) is 7.32. The maximum absolute atomic E-state index is 11.2. The van der Waals surface area contributed by atoms with Crippen LogP contribution < -0.4 is 11.1 Å². The topological polar surface area (TPSA) is 70.7 Å². The van der Waals surface area contributed by atoms with Crippen LogP contribution >= 0.6 is 35.6 Å². The van der Waals surface area contributed by atoms with Gasteiger partial charge in [-0.2, -0.15) is 0 Å². The normalized spacial score (nSPS) is 21.7. The first-order chi connectivity index (χ1) is 12.0. The molecule has 0 aromatic heterocycles. The van der Waals surface area contributed by atoms with Crippen molar-refractivity contribution in [3.05, 3.63) is 34.9 Å². The number of nitrogens with two attached hydrogens (primary N) is 1. The van der Waals surface area contributed by atoms with Crippen LogP contribution in [0.2, 0.25) is 5.02 Å². The van der Waals surface area contributed by atoms with E-state index in [0.29, 0.717) is 12.3 Å². The molecule has 0 bridgehead atoms. The van der Waals surface area contributed by atoms with E-state index in [4.69, 9.17) is 17.3 Å². The molecule has 2 fully saturated rings. The predicted octanol–water partition coefficient (Wildman–Crippen LogP) is 3.15. The minimum absolute atomic E-state index is 0. The molecule has 1 amide bonds. The Labute approximate surface area is 177 Å². The summed E-state index contributed by atoms with van der Waals surface area (Å²) in [5.41, 5.74) is 6.83. The molecule has 1 aromatic rings. The predicted molar refractivity (Wildman–Crippen MR) is 117 cm³/mol. The molecular weight excluding hydrogens is 463 g/mol. The fourth-order valence-corrected chi connectivity index (χ4v) is 4.02. The molecule has 1 saturated heterocycles. The van der Waals surface area contributed by atoms with Crippen molar-refractivity contribution in [1.82, 2.24) is 10.2 Å². The van der Waals surface area contributed by atoms with Crippen LogP contribution in [0.4, 0.5) is 0 Å². The number of primary amides is 1. The average molecular weight is 491 g/mol. The highest BCUT2D eigenvalue weighted by Crippen LogP contribution is 2.48. The maximum atomic E-state index is 11.2. The average Bonchev–Trinajstić information content (AvgIpc) is 3.36. The van der Waals surface area contributed by atoms with Crippen molar-refractivity contribution in [3.63, 3.8) is 0 Å². The first-order valence-electron chi connectivity index (χ1n) is 9.02. The lowest BCUT2D eigenvalue weighted by Gasteiger charge is -2.35. The van der Waals surface area contributed by atoms with Gasteiger partial charge in [-0.1, -0.05) is 23.7 Å². The molecule has 7 heteroatoms. The van der Waals surface area contributed by atoms with Gasteiger partial charge in [0.25, 0.3) is 0 Å². The Morgan fingerprint density at radius 1 is 1.46 bits per heavy atom. The third kappa shape index (κ3) is 5.25. The van der Waals surface area contributed by atoms with Crippen molar-refractivity contribution in [2.75, 3.05) is 26.7 Å². The highest BCUT2D eigenvalue weighted by Gasteiger charge is 2.44. The van der Waals surface area contributed by atoms with Gasteiger partial charge in [-0.15, -0.1) is 24.0 Å². The number of hydrogen-bond acceptors (Lipinski definition) is 2. The Hall–Kier alpha value is -1.02. The monoisotopic (exact) mass is 490 g/mol. The van der Waals surface area contributed by atoms with Gasteiger partial charge in [-0.05, 0) is 49.3 Å². The van der Waals surface area contributed by atoms with Gasteiger partial charge < -0.3 is 16.0 Å². The first-order valence-corrected chi connectivity index (χ1v) is 9.40. The summed E-state index contributed by atoms with van der Waals surface area (Å²) in [6, 6.07) is 8.17. The standard InChI is InChI=1S/C19H27ClN4O.HI/c1-22-18(24-9-3-4-14(12-24)10-17(21)25)23-13-19(7-8-19)15-5-2-6-16(20)11-15;/h2,5-6,11,14H,3-4,7-10,12-13H2,1H3,(H2,21,25)(H,22,23);1H. The van der Waals surface area contributed by atoms with Gasteiger partial charge in [0.05, 0.1) is 0 Å². The van der Waals surface area contributed by atoms with E-state index in [1.807, 2.05) is 19.2 Å². The minimum atomic E-state index is -0.215. The molecule has 0 radical (unpaired) electrons. The van der Waals surface area contributed by atoms with E-state index < -0.39 is 0 Å². The van der Waals surface area contributed by atoms with Crippen LogP contribution in [0.1, 0.15) is 37.7 Å². The van der Waals surface area contributed by atoms with Crippen molar-refractivity contribution in [3.8, 4) is 0 Å². The molecular formula is C19H28ClIN4O. The molecule has 1 aromatic carbocycles. The van der Waals surface area contributed by atoms with Crippen LogP contribution in [0.3, 0.4) is 0 Å². The first kappa shape index (κ1) is 21.3. The lowest BCUT2D eigenvalue weighted by Crippen LogP contribution is -2.48. The van der Waals surface area contributed by atoms with E-state index in [1.165, 1.54) is 18.4 Å². The number of nitrogens with zero attached hydrogens (tertiary/aromatic N) is 2. The van der Waals surface area contributed by atoms with Crippen molar-refractivity contribution < 1.29 is 4.79 Å². The highest BCUT2D eigenvalue weighted by molar-refractivity contribution is 14.0. The van der Waals surface area contributed by atoms with E-state index in [-0.39, 0.29) is 35.3 Å². The molecule has 1 heterocycles. The molecule has 1 atom stereocenters. The van der Waals surface area contributed by atoms with Crippen molar-refractivity contribution >= 4 is 47.4 Å². The second kappa shape index (κ2) is 9.26. The largest absolute Gasteiger partial charge is 0.370 e. The summed E-state index contributed by atoms with van der Waals surface area (Å²) in [6.45, 7) is 2.67. The molecule has 2 aliphatic rings. The van der Waals surface area contributed by atoms with E-state index >= 15 is 0 Å². The molecule has 0 spiro atoms. The van der Waals surface area contributed by atoms with Gasteiger partial charge >= 0.3 is 0 Å². The number of amides is 1. The molecule has 1 aliphatic carbocycles. The Morgan fingerprint density at radius 3 is 2.85 bits per heavy atom. The van der Waals surface area contributed by atoms with Gasteiger partial charge in [0.15, 0.2) is 5.96 Å². The van der Waals surface area contributed by atoms with Gasteiger partial charge in [-0.25, -0.2) is 0 Å². The minimum Gasteiger partial charge on any atom is -0.370 e. The van der Waals surface area contributed by atoms with Gasteiger partial charge in [0.2, 0.25) is 5.91 Å². The maximum Gasteiger partial charge on any atom is 0.217 e. The second-order valence-corrected chi connectivity index (χ2v) is 7.75. The van der Waals surface area contributed by atoms with Crippen LogP contribution in [-0.2, 0) is 10.2 Å². The van der Waals surface area contributed by atoms with Gasteiger partial charge in [-0.3, -0.25) is 9.79 Å². The summed E-state index contributed by atoms with van der Waals surface area (Å²) in [6.07, 6.45) is 4.92. The fourth-order valence-electron chi connectivity index (χ4n) is 3.83. The zero-order chi connectivity index (χ0) is 17.9. The molecule has 1 saturated carbocycles. The number of piperidine rings is 1. The molecule has 26 heavy (non-hydrogen) atoms. The van der Waals surface area contributed by atoms with E-state index in [2.05, 4.69) is 27.3 Å². The zero-order valence-electron chi connectivity index (χ0n) is 15.2. The molecule has 1 aliphatic heterocycles. The number of benzene rings is 1. The number of likely N-dealkylation sites (tertiary alicyclic amines) is 1. The summed E-state index contributed by atoms with van der Waals surface area (Å²) in [7, 11) is 1.82. The van der Waals surface area contributed by atoms with Crippen LogP contribution in [-0.4, -0.2) is 43.4 Å². The van der Waals surface area contributed by atoms with Crippen molar-refractivity contribution in [1.29, 1.82) is 0 Å². The smallest absolute Gasteiger partial charge is 0.217 e. The number of halogens is 2. The quantitative estimate of drug-likeness (QED) is 0.378. The van der Waals surface area contributed by atoms with Crippen LogP contribution in [0.5, 0.6) is 0 Å². The van der Waals surface area contributed by atoms with Crippen LogP contribution in [0.25, 0.3) is 0 Å². The molecule has 1 unspecified atom stereocenters. The lowest BCUT2D eigenvalue weighted by atomic mass is 9.94. The van der Waals surface area contributed by atoms with Crippen LogP contribution in [0, 0.1) is 5.92 Å². The number of carbonyl (C=O) groups excluding carboxylic acids is 1. The third-order valence-electron chi connectivity index (χ3n) is 5.40. The number of guanidine groups is 1. The van der Waals surface area contributed by atoms with E-state index in [1.54, 1.807) is 0 Å². The molecule has 3 N–H and O–H groups in total. The summed E-state index contributed by atoms with van der Waals surface area (Å²) in [4.78, 5) is 17.9. The van der Waals surface area contributed by atoms with Gasteiger partial charge in [0, 0.05) is 43.5 Å². The number of rotatable bonds is 5. The number of carbonyl (C=O) groups is 1. The Balaban J connectivity index is 0.00000243. The van der Waals surface area contributed by atoms with Gasteiger partial charge in [0.1, 0.15) is 0 Å². The molecule has 144 valence electrons. The molecule has 3 rings (SSSR count). The summed E-state index contributed by atoms with van der Waals surface area (Å²) in [5.74, 6) is 1.03. The number of hydrogen-bond donors (Lipinski definition) is 2.